The first-order chi connectivity index (χ1) is 13.8. The highest BCUT2D eigenvalue weighted by Crippen LogP contribution is 2.25. The van der Waals surface area contributed by atoms with Crippen molar-refractivity contribution in [3.63, 3.8) is 0 Å². The summed E-state index contributed by atoms with van der Waals surface area (Å²) in [5.41, 5.74) is 1.82. The van der Waals surface area contributed by atoms with Gasteiger partial charge in [0.1, 0.15) is 11.3 Å². The van der Waals surface area contributed by atoms with Crippen molar-refractivity contribution in [3.05, 3.63) is 53.6 Å². The lowest BCUT2D eigenvalue weighted by atomic mass is 9.91. The second-order valence-corrected chi connectivity index (χ2v) is 8.18. The maximum atomic E-state index is 5.93. The number of fused-ring (bicyclic) bond motifs is 1. The summed E-state index contributed by atoms with van der Waals surface area (Å²) in [6, 6.07) is 12.3. The molecular formula is C22H27N3O3. The van der Waals surface area contributed by atoms with Crippen molar-refractivity contribution >= 4 is 11.0 Å². The molecule has 0 amide bonds. The Bertz CT molecular complexity index is 889. The molecule has 0 atom stereocenters. The van der Waals surface area contributed by atoms with Crippen LogP contribution in [0.3, 0.4) is 0 Å². The van der Waals surface area contributed by atoms with Crippen LogP contribution in [0.2, 0.25) is 0 Å². The fourth-order valence-electron chi connectivity index (χ4n) is 4.21. The molecule has 0 saturated carbocycles. The lowest BCUT2D eigenvalue weighted by Crippen LogP contribution is -2.61. The summed E-state index contributed by atoms with van der Waals surface area (Å²) in [6.07, 6.45) is 4.72. The van der Waals surface area contributed by atoms with Crippen LogP contribution in [0.25, 0.3) is 11.0 Å². The van der Waals surface area contributed by atoms with E-state index in [1.165, 1.54) is 19.3 Å². The molecule has 3 aromatic rings. The Morgan fingerprint density at radius 2 is 1.89 bits per heavy atom. The average molecular weight is 381 g/mol. The SMILES string of the molecule is c1ccc2oc(CNC3(Cc4cc(CN5CCCCC5)on4)COC3)cc2c1. The van der Waals surface area contributed by atoms with E-state index in [-0.39, 0.29) is 5.54 Å². The molecule has 5 rings (SSSR count). The van der Waals surface area contributed by atoms with Crippen LogP contribution in [0.1, 0.15) is 36.5 Å². The first-order valence-electron chi connectivity index (χ1n) is 10.3. The zero-order valence-corrected chi connectivity index (χ0v) is 16.2. The number of nitrogens with zero attached hydrogens (tertiary/aromatic N) is 2. The van der Waals surface area contributed by atoms with Gasteiger partial charge in [0.25, 0.3) is 0 Å². The zero-order chi connectivity index (χ0) is 18.8. The van der Waals surface area contributed by atoms with E-state index in [1.807, 2.05) is 18.2 Å². The van der Waals surface area contributed by atoms with Gasteiger partial charge in [0, 0.05) is 17.9 Å². The third kappa shape index (κ3) is 3.85. The average Bonchev–Trinajstić information content (AvgIpc) is 3.30. The van der Waals surface area contributed by atoms with Gasteiger partial charge in [0.2, 0.25) is 0 Å². The van der Waals surface area contributed by atoms with Gasteiger partial charge in [-0.05, 0) is 38.1 Å². The third-order valence-electron chi connectivity index (χ3n) is 5.83. The van der Waals surface area contributed by atoms with E-state index in [9.17, 15) is 0 Å². The molecular weight excluding hydrogens is 354 g/mol. The van der Waals surface area contributed by atoms with Crippen molar-refractivity contribution in [2.45, 2.75) is 44.3 Å². The van der Waals surface area contributed by atoms with Crippen molar-refractivity contribution in [1.29, 1.82) is 0 Å². The van der Waals surface area contributed by atoms with Crippen LogP contribution in [0, 0.1) is 0 Å². The van der Waals surface area contributed by atoms with Crippen LogP contribution in [0.15, 0.2) is 45.3 Å². The molecule has 28 heavy (non-hydrogen) atoms. The number of nitrogens with one attached hydrogen (secondary N) is 1. The van der Waals surface area contributed by atoms with Crippen LogP contribution in [0.5, 0.6) is 0 Å². The highest BCUT2D eigenvalue weighted by molar-refractivity contribution is 5.77. The zero-order valence-electron chi connectivity index (χ0n) is 16.2. The summed E-state index contributed by atoms with van der Waals surface area (Å²) < 4.78 is 17.1. The number of likely N-dealkylation sites (tertiary alicyclic amines) is 1. The largest absolute Gasteiger partial charge is 0.460 e. The Labute approximate surface area is 164 Å². The van der Waals surface area contributed by atoms with Crippen molar-refractivity contribution in [2.24, 2.45) is 0 Å². The van der Waals surface area contributed by atoms with Crippen LogP contribution in [-0.2, 0) is 24.2 Å². The second kappa shape index (κ2) is 7.70. The topological polar surface area (TPSA) is 63.7 Å². The van der Waals surface area contributed by atoms with Crippen LogP contribution >= 0.6 is 0 Å². The summed E-state index contributed by atoms with van der Waals surface area (Å²) in [7, 11) is 0. The molecule has 148 valence electrons. The molecule has 0 aliphatic carbocycles. The highest BCUT2D eigenvalue weighted by Gasteiger charge is 2.39. The summed E-state index contributed by atoms with van der Waals surface area (Å²) in [4.78, 5) is 2.45. The number of rotatable bonds is 7. The molecule has 6 nitrogen and oxygen atoms in total. The van der Waals surface area contributed by atoms with E-state index in [0.29, 0.717) is 19.8 Å². The number of hydrogen-bond acceptors (Lipinski definition) is 6. The van der Waals surface area contributed by atoms with Crippen molar-refractivity contribution in [3.8, 4) is 0 Å². The van der Waals surface area contributed by atoms with E-state index >= 15 is 0 Å². The van der Waals surface area contributed by atoms with Gasteiger partial charge in [-0.15, -0.1) is 0 Å². The highest BCUT2D eigenvalue weighted by atomic mass is 16.5. The predicted octanol–water partition coefficient (Wildman–Crippen LogP) is 3.51. The number of aromatic nitrogens is 1. The van der Waals surface area contributed by atoms with Crippen LogP contribution < -0.4 is 5.32 Å². The number of furan rings is 1. The maximum absolute atomic E-state index is 5.93. The van der Waals surface area contributed by atoms with E-state index < -0.39 is 0 Å². The minimum atomic E-state index is -0.0990. The summed E-state index contributed by atoms with van der Waals surface area (Å²) in [6.45, 7) is 5.22. The quantitative estimate of drug-likeness (QED) is 0.676. The fourth-order valence-corrected chi connectivity index (χ4v) is 4.21. The molecule has 4 heterocycles. The summed E-state index contributed by atoms with van der Waals surface area (Å²) in [5, 5.41) is 9.09. The van der Waals surface area contributed by atoms with E-state index in [0.717, 1.165) is 54.2 Å². The van der Waals surface area contributed by atoms with E-state index in [2.05, 4.69) is 33.6 Å². The minimum Gasteiger partial charge on any atom is -0.460 e. The molecule has 0 radical (unpaired) electrons. The lowest BCUT2D eigenvalue weighted by Gasteiger charge is -2.41. The molecule has 2 saturated heterocycles. The van der Waals surface area contributed by atoms with E-state index in [4.69, 9.17) is 13.7 Å². The number of ether oxygens (including phenoxy) is 1. The van der Waals surface area contributed by atoms with Gasteiger partial charge in [-0.1, -0.05) is 29.8 Å². The molecule has 2 fully saturated rings. The van der Waals surface area contributed by atoms with Gasteiger partial charge in [-0.25, -0.2) is 0 Å². The third-order valence-corrected chi connectivity index (χ3v) is 5.83. The smallest absolute Gasteiger partial charge is 0.150 e. The van der Waals surface area contributed by atoms with Gasteiger partial charge in [0.05, 0.1) is 37.5 Å². The van der Waals surface area contributed by atoms with Crippen molar-refractivity contribution in [1.82, 2.24) is 15.4 Å². The minimum absolute atomic E-state index is 0.0990. The number of piperidine rings is 1. The molecule has 0 unspecified atom stereocenters. The summed E-state index contributed by atoms with van der Waals surface area (Å²) >= 11 is 0. The Hall–Kier alpha value is -2.15. The molecule has 6 heteroatoms. The Kier molecular flexibility index (Phi) is 4.93. The molecule has 1 aromatic carbocycles. The van der Waals surface area contributed by atoms with Crippen LogP contribution in [0.4, 0.5) is 0 Å². The lowest BCUT2D eigenvalue weighted by molar-refractivity contribution is -0.0761. The van der Waals surface area contributed by atoms with Gasteiger partial charge in [0.15, 0.2) is 5.76 Å². The van der Waals surface area contributed by atoms with Gasteiger partial charge in [-0.2, -0.15) is 0 Å². The molecule has 2 aliphatic heterocycles. The molecule has 0 bridgehead atoms. The Balaban J connectivity index is 1.20. The normalized spacial score (nSPS) is 19.7. The molecule has 2 aliphatic rings. The maximum Gasteiger partial charge on any atom is 0.150 e. The van der Waals surface area contributed by atoms with Crippen molar-refractivity contribution in [2.75, 3.05) is 26.3 Å². The monoisotopic (exact) mass is 381 g/mol. The molecule has 0 spiro atoms. The van der Waals surface area contributed by atoms with Gasteiger partial charge >= 0.3 is 0 Å². The predicted molar refractivity (Wildman–Crippen MR) is 106 cm³/mol. The van der Waals surface area contributed by atoms with Gasteiger partial charge < -0.3 is 13.7 Å². The number of para-hydroxylation sites is 1. The molecule has 1 N–H and O–H groups in total. The molecule has 2 aromatic heterocycles. The first-order valence-corrected chi connectivity index (χ1v) is 10.3. The summed E-state index contributed by atoms with van der Waals surface area (Å²) in [5.74, 6) is 1.91. The standard InChI is InChI=1S/C22H27N3O3/c1-4-8-25(9-5-1)14-20-11-18(24-28-20)12-22(15-26-16-22)23-13-19-10-17-6-2-3-7-21(17)27-19/h2-3,6-7,10-11,23H,1,4-5,8-9,12-16H2. The Morgan fingerprint density at radius 3 is 2.68 bits per heavy atom. The van der Waals surface area contributed by atoms with Crippen molar-refractivity contribution < 1.29 is 13.7 Å². The Morgan fingerprint density at radius 1 is 1.04 bits per heavy atom. The fraction of sp³-hybridized carbons (Fsp3) is 0.500. The van der Waals surface area contributed by atoms with Gasteiger partial charge in [-0.3, -0.25) is 10.2 Å². The van der Waals surface area contributed by atoms with E-state index in [1.54, 1.807) is 0 Å². The van der Waals surface area contributed by atoms with Crippen LogP contribution in [-0.4, -0.2) is 41.9 Å². The number of hydrogen-bond donors (Lipinski definition) is 1. The number of benzene rings is 1. The first kappa shape index (κ1) is 17.9. The second-order valence-electron chi connectivity index (χ2n) is 8.18.